The summed E-state index contributed by atoms with van der Waals surface area (Å²) in [5, 5.41) is 3.42. The van der Waals surface area contributed by atoms with Crippen LogP contribution in [-0.2, 0) is 17.8 Å². The monoisotopic (exact) mass is 575 g/mol. The van der Waals surface area contributed by atoms with Crippen LogP contribution in [0.5, 0.6) is 0 Å². The lowest BCUT2D eigenvalue weighted by atomic mass is 10.2. The van der Waals surface area contributed by atoms with Crippen molar-refractivity contribution in [3.8, 4) is 11.3 Å². The van der Waals surface area contributed by atoms with Crippen LogP contribution in [0, 0.1) is 0 Å². The molecule has 1 aliphatic rings. The normalized spacial score (nSPS) is 18.4. The van der Waals surface area contributed by atoms with Crippen molar-refractivity contribution in [3.05, 3.63) is 66.2 Å². The molecule has 2 atom stereocenters. The van der Waals surface area contributed by atoms with E-state index in [-0.39, 0.29) is 36.2 Å². The summed E-state index contributed by atoms with van der Waals surface area (Å²) in [5.41, 5.74) is 3.24. The summed E-state index contributed by atoms with van der Waals surface area (Å²) in [5.74, 6) is 2.68. The van der Waals surface area contributed by atoms with E-state index in [1.54, 1.807) is 7.05 Å². The van der Waals surface area contributed by atoms with E-state index < -0.39 is 0 Å². The van der Waals surface area contributed by atoms with Crippen LogP contribution >= 0.6 is 24.0 Å². The van der Waals surface area contributed by atoms with Crippen LogP contribution in [0.4, 0.5) is 5.82 Å². The van der Waals surface area contributed by atoms with Crippen LogP contribution in [0.25, 0.3) is 11.3 Å². The molecule has 1 aliphatic heterocycles. The number of ether oxygens (including phenoxy) is 1. The second-order valence-corrected chi connectivity index (χ2v) is 8.55. The standard InChI is InChI=1S/C25H33N7O.HI/c1-18-15-32(16-19(2)33-18)24-11-10-20(12-28-24)13-29-25(26-3)31(4)17-23-27-14-22(30-23)21-8-6-5-7-9-21;/h5-12,14,18-19H,13,15-17H2,1-4H3,(H,26,29)(H,27,30);1H. The van der Waals surface area contributed by atoms with E-state index in [1.165, 1.54) is 0 Å². The summed E-state index contributed by atoms with van der Waals surface area (Å²) in [6.45, 7) is 7.21. The number of halogens is 1. The number of aliphatic imine (C=N–C) groups is 1. The van der Waals surface area contributed by atoms with Gasteiger partial charge < -0.3 is 24.8 Å². The quantitative estimate of drug-likeness (QED) is 0.264. The Morgan fingerprint density at radius 3 is 2.50 bits per heavy atom. The molecule has 1 fully saturated rings. The maximum absolute atomic E-state index is 5.82. The summed E-state index contributed by atoms with van der Waals surface area (Å²) >= 11 is 0. The van der Waals surface area contributed by atoms with E-state index >= 15 is 0 Å². The Labute approximate surface area is 218 Å². The molecule has 182 valence electrons. The van der Waals surface area contributed by atoms with Crippen molar-refractivity contribution in [1.82, 2.24) is 25.2 Å². The van der Waals surface area contributed by atoms with Crippen molar-refractivity contribution in [1.29, 1.82) is 0 Å². The molecule has 0 bridgehead atoms. The molecule has 2 aromatic heterocycles. The lowest BCUT2D eigenvalue weighted by Gasteiger charge is -2.36. The summed E-state index contributed by atoms with van der Waals surface area (Å²) < 4.78 is 5.82. The number of nitrogens with one attached hydrogen (secondary N) is 2. The molecule has 2 unspecified atom stereocenters. The lowest BCUT2D eigenvalue weighted by molar-refractivity contribution is -0.00545. The lowest BCUT2D eigenvalue weighted by Crippen LogP contribution is -2.45. The second kappa shape index (κ2) is 12.2. The summed E-state index contributed by atoms with van der Waals surface area (Å²) in [4.78, 5) is 21.4. The van der Waals surface area contributed by atoms with Gasteiger partial charge in [-0.1, -0.05) is 36.4 Å². The molecular weight excluding hydrogens is 541 g/mol. The molecule has 0 radical (unpaired) electrons. The topological polar surface area (TPSA) is 81.7 Å². The highest BCUT2D eigenvalue weighted by atomic mass is 127. The minimum absolute atomic E-state index is 0. The number of benzene rings is 1. The zero-order valence-corrected chi connectivity index (χ0v) is 22.6. The van der Waals surface area contributed by atoms with Crippen molar-refractivity contribution in [2.24, 2.45) is 4.99 Å². The molecule has 9 heteroatoms. The second-order valence-electron chi connectivity index (χ2n) is 8.55. The summed E-state index contributed by atoms with van der Waals surface area (Å²) in [6.07, 6.45) is 4.24. The van der Waals surface area contributed by atoms with Gasteiger partial charge >= 0.3 is 0 Å². The van der Waals surface area contributed by atoms with E-state index in [1.807, 2.05) is 42.5 Å². The number of imidazole rings is 1. The first-order valence-electron chi connectivity index (χ1n) is 11.4. The minimum Gasteiger partial charge on any atom is -0.372 e. The molecule has 3 heterocycles. The van der Waals surface area contributed by atoms with E-state index in [0.29, 0.717) is 13.1 Å². The smallest absolute Gasteiger partial charge is 0.194 e. The van der Waals surface area contributed by atoms with Gasteiger partial charge in [-0.15, -0.1) is 24.0 Å². The predicted octanol–water partition coefficient (Wildman–Crippen LogP) is 3.91. The molecule has 4 rings (SSSR count). The van der Waals surface area contributed by atoms with E-state index in [0.717, 1.165) is 47.5 Å². The fourth-order valence-electron chi connectivity index (χ4n) is 4.15. The number of rotatable bonds is 6. The number of hydrogen-bond acceptors (Lipinski definition) is 5. The number of aromatic amines is 1. The molecule has 3 aromatic rings. The van der Waals surface area contributed by atoms with Crippen LogP contribution in [0.3, 0.4) is 0 Å². The van der Waals surface area contributed by atoms with E-state index in [4.69, 9.17) is 4.74 Å². The van der Waals surface area contributed by atoms with Crippen LogP contribution in [-0.4, -0.2) is 65.2 Å². The Balaban J connectivity index is 0.00000324. The van der Waals surface area contributed by atoms with Gasteiger partial charge in [-0.2, -0.15) is 0 Å². The Hall–Kier alpha value is -2.66. The van der Waals surface area contributed by atoms with E-state index in [2.05, 4.69) is 68.3 Å². The molecule has 8 nitrogen and oxygen atoms in total. The number of aromatic nitrogens is 3. The van der Waals surface area contributed by atoms with Gasteiger partial charge in [0.15, 0.2) is 5.96 Å². The molecule has 0 aliphatic carbocycles. The van der Waals surface area contributed by atoms with Gasteiger partial charge in [-0.05, 0) is 31.0 Å². The Kier molecular flexibility index (Phi) is 9.28. The first-order valence-corrected chi connectivity index (χ1v) is 11.4. The third-order valence-corrected chi connectivity index (χ3v) is 5.68. The molecule has 1 saturated heterocycles. The third kappa shape index (κ3) is 6.69. The fourth-order valence-corrected chi connectivity index (χ4v) is 4.15. The minimum atomic E-state index is 0. The molecule has 0 spiro atoms. The molecule has 34 heavy (non-hydrogen) atoms. The highest BCUT2D eigenvalue weighted by Crippen LogP contribution is 2.19. The van der Waals surface area contributed by atoms with Crippen molar-refractivity contribution >= 4 is 35.8 Å². The molecule has 2 N–H and O–H groups in total. The Morgan fingerprint density at radius 2 is 1.85 bits per heavy atom. The largest absolute Gasteiger partial charge is 0.372 e. The van der Waals surface area contributed by atoms with Gasteiger partial charge in [-0.3, -0.25) is 4.99 Å². The van der Waals surface area contributed by atoms with Crippen LogP contribution in [0.15, 0.2) is 59.9 Å². The number of H-pyrrole nitrogens is 1. The number of nitrogens with zero attached hydrogens (tertiary/aromatic N) is 5. The predicted molar refractivity (Wildman–Crippen MR) is 148 cm³/mol. The number of morpholine rings is 1. The summed E-state index contributed by atoms with van der Waals surface area (Å²) in [7, 11) is 3.79. The zero-order valence-electron chi connectivity index (χ0n) is 20.2. The van der Waals surface area contributed by atoms with E-state index in [9.17, 15) is 0 Å². The molecule has 0 saturated carbocycles. The number of anilines is 1. The zero-order chi connectivity index (χ0) is 23.2. The van der Waals surface area contributed by atoms with Crippen molar-refractivity contribution in [2.45, 2.75) is 39.1 Å². The Morgan fingerprint density at radius 1 is 1.12 bits per heavy atom. The van der Waals surface area contributed by atoms with Gasteiger partial charge in [0.2, 0.25) is 0 Å². The van der Waals surface area contributed by atoms with Gasteiger partial charge in [0.25, 0.3) is 0 Å². The first-order chi connectivity index (χ1) is 16.0. The highest BCUT2D eigenvalue weighted by molar-refractivity contribution is 14.0. The van der Waals surface area contributed by atoms with Crippen molar-refractivity contribution in [2.75, 3.05) is 32.1 Å². The molecule has 1 aromatic carbocycles. The van der Waals surface area contributed by atoms with Gasteiger partial charge in [0.1, 0.15) is 11.6 Å². The number of pyridine rings is 1. The van der Waals surface area contributed by atoms with Crippen LogP contribution in [0.1, 0.15) is 25.2 Å². The number of hydrogen-bond donors (Lipinski definition) is 2. The van der Waals surface area contributed by atoms with Crippen LogP contribution < -0.4 is 10.2 Å². The average molecular weight is 575 g/mol. The Bertz CT molecular complexity index is 1040. The molecule has 0 amide bonds. The van der Waals surface area contributed by atoms with Gasteiger partial charge in [-0.25, -0.2) is 9.97 Å². The average Bonchev–Trinajstić information content (AvgIpc) is 3.28. The maximum atomic E-state index is 5.82. The SMILES string of the molecule is CN=C(NCc1ccc(N2CC(C)OC(C)C2)nc1)N(C)Cc1ncc(-c2ccccc2)[nH]1.I. The first kappa shape index (κ1) is 26.0. The van der Waals surface area contributed by atoms with Gasteiger partial charge in [0, 0.05) is 39.9 Å². The van der Waals surface area contributed by atoms with Crippen molar-refractivity contribution in [3.63, 3.8) is 0 Å². The van der Waals surface area contributed by atoms with Gasteiger partial charge in [0.05, 0.1) is 30.6 Å². The number of guanidine groups is 1. The van der Waals surface area contributed by atoms with Crippen LogP contribution in [0.2, 0.25) is 0 Å². The summed E-state index contributed by atoms with van der Waals surface area (Å²) in [6, 6.07) is 14.4. The molecular formula is C25H34IN7O. The van der Waals surface area contributed by atoms with Crippen molar-refractivity contribution < 1.29 is 4.74 Å². The fraction of sp³-hybridized carbons (Fsp3) is 0.400. The third-order valence-electron chi connectivity index (χ3n) is 5.68. The highest BCUT2D eigenvalue weighted by Gasteiger charge is 2.23. The maximum Gasteiger partial charge on any atom is 0.194 e.